The fourth-order valence-corrected chi connectivity index (χ4v) is 4.18. The van der Waals surface area contributed by atoms with Crippen LogP contribution in [0.25, 0.3) is 0 Å². The average Bonchev–Trinajstić information content (AvgIpc) is 2.72. The molecule has 2 aromatic rings. The van der Waals surface area contributed by atoms with E-state index in [9.17, 15) is 9.59 Å². The highest BCUT2D eigenvalue weighted by Gasteiger charge is 2.19. The van der Waals surface area contributed by atoms with Gasteiger partial charge in [0, 0.05) is 18.8 Å². The van der Waals surface area contributed by atoms with Crippen LogP contribution in [0.1, 0.15) is 79.0 Å². The van der Waals surface area contributed by atoms with Crippen LogP contribution in [0.15, 0.2) is 41.2 Å². The Morgan fingerprint density at radius 3 is 2.55 bits per heavy atom. The van der Waals surface area contributed by atoms with Crippen LogP contribution < -0.4 is 10.9 Å². The largest absolute Gasteiger partial charge is 0.352 e. The molecule has 0 radical (unpaired) electrons. The lowest BCUT2D eigenvalue weighted by atomic mass is 9.95. The lowest BCUT2D eigenvalue weighted by Gasteiger charge is -2.21. The molecule has 1 aliphatic carbocycles. The minimum atomic E-state index is -0.224. The molecule has 156 valence electrons. The summed E-state index contributed by atoms with van der Waals surface area (Å²) in [6.07, 6.45) is 10.4. The third-order valence-corrected chi connectivity index (χ3v) is 5.85. The Kier molecular flexibility index (Phi) is 8.09. The molecule has 0 unspecified atom stereocenters. The van der Waals surface area contributed by atoms with Gasteiger partial charge in [-0.3, -0.25) is 9.59 Å². The van der Waals surface area contributed by atoms with Crippen molar-refractivity contribution in [1.29, 1.82) is 0 Å². The number of unbranched alkanes of at least 4 members (excludes halogenated alkanes) is 1. The number of amides is 1. The number of fused-ring (bicyclic) bond motifs is 1. The van der Waals surface area contributed by atoms with E-state index in [1.54, 1.807) is 0 Å². The summed E-state index contributed by atoms with van der Waals surface area (Å²) in [5.74, 6) is -0.224. The molecule has 4 nitrogen and oxygen atoms in total. The number of benzene rings is 1. The van der Waals surface area contributed by atoms with E-state index in [0.717, 1.165) is 51.4 Å². The van der Waals surface area contributed by atoms with Gasteiger partial charge in [-0.15, -0.1) is 0 Å². The Labute approximate surface area is 174 Å². The zero-order valence-electron chi connectivity index (χ0n) is 17.7. The minimum Gasteiger partial charge on any atom is -0.352 e. The second kappa shape index (κ2) is 11.0. The first-order chi connectivity index (χ1) is 14.2. The molecule has 0 atom stereocenters. The molecule has 0 saturated carbocycles. The van der Waals surface area contributed by atoms with Crippen molar-refractivity contribution in [3.8, 4) is 0 Å². The molecule has 3 rings (SSSR count). The molecule has 0 bridgehead atoms. The number of rotatable bonds is 8. The fourth-order valence-electron chi connectivity index (χ4n) is 4.18. The number of carbonyl (C=O) groups excluding carboxylic acids is 1. The van der Waals surface area contributed by atoms with E-state index in [4.69, 9.17) is 0 Å². The zero-order valence-corrected chi connectivity index (χ0v) is 17.7. The van der Waals surface area contributed by atoms with E-state index in [1.807, 2.05) is 28.8 Å². The van der Waals surface area contributed by atoms with Gasteiger partial charge in [-0.2, -0.15) is 0 Å². The van der Waals surface area contributed by atoms with Crippen molar-refractivity contribution in [3.05, 3.63) is 69.1 Å². The highest BCUT2D eigenvalue weighted by molar-refractivity contribution is 5.94. The summed E-state index contributed by atoms with van der Waals surface area (Å²) in [6, 6.07) is 12.2. The molecule has 0 fully saturated rings. The van der Waals surface area contributed by atoms with Gasteiger partial charge in [-0.25, -0.2) is 0 Å². The summed E-state index contributed by atoms with van der Waals surface area (Å²) in [5.41, 5.74) is 3.85. The maximum atomic E-state index is 13.1. The van der Waals surface area contributed by atoms with Crippen molar-refractivity contribution < 1.29 is 4.79 Å². The van der Waals surface area contributed by atoms with Crippen molar-refractivity contribution in [3.63, 3.8) is 0 Å². The normalized spacial score (nSPS) is 14.0. The monoisotopic (exact) mass is 394 g/mol. The number of nitrogens with zero attached hydrogens (tertiary/aromatic N) is 1. The summed E-state index contributed by atoms with van der Waals surface area (Å²) < 4.78 is 1.91. The molecule has 1 heterocycles. The van der Waals surface area contributed by atoms with Crippen LogP contribution in [0.5, 0.6) is 0 Å². The van der Waals surface area contributed by atoms with Crippen LogP contribution in [-0.4, -0.2) is 17.0 Å². The van der Waals surface area contributed by atoms with E-state index in [1.165, 1.54) is 29.7 Å². The summed E-state index contributed by atoms with van der Waals surface area (Å²) in [6.45, 7) is 3.43. The molecule has 1 aromatic carbocycles. The van der Waals surface area contributed by atoms with Gasteiger partial charge in [-0.05, 0) is 62.1 Å². The van der Waals surface area contributed by atoms with Crippen LogP contribution in [0.4, 0.5) is 0 Å². The Balaban J connectivity index is 1.73. The third-order valence-electron chi connectivity index (χ3n) is 5.85. The highest BCUT2D eigenvalue weighted by Crippen LogP contribution is 2.20. The average molecular weight is 395 g/mol. The van der Waals surface area contributed by atoms with Crippen molar-refractivity contribution in [2.24, 2.45) is 0 Å². The van der Waals surface area contributed by atoms with Gasteiger partial charge in [0.1, 0.15) is 5.56 Å². The van der Waals surface area contributed by atoms with E-state index in [-0.39, 0.29) is 11.5 Å². The lowest BCUT2D eigenvalue weighted by Crippen LogP contribution is -2.36. The molecule has 0 saturated heterocycles. The highest BCUT2D eigenvalue weighted by atomic mass is 16.2. The summed E-state index contributed by atoms with van der Waals surface area (Å²) in [5, 5.41) is 2.98. The minimum absolute atomic E-state index is 0.113. The maximum Gasteiger partial charge on any atom is 0.263 e. The standard InChI is InChI=1S/C25H34N2O2/c1-2-3-18-27-23-16-10-5-4-9-15-21(23)19-22(25(27)29)24(28)26-17-11-14-20-12-7-6-8-13-20/h6-8,12-13,19H,2-5,9-11,14-18H2,1H3,(H,26,28). The van der Waals surface area contributed by atoms with Gasteiger partial charge in [0.25, 0.3) is 11.5 Å². The number of pyridine rings is 1. The Morgan fingerprint density at radius 2 is 1.79 bits per heavy atom. The van der Waals surface area contributed by atoms with Gasteiger partial charge in [-0.1, -0.05) is 56.5 Å². The van der Waals surface area contributed by atoms with E-state index < -0.39 is 0 Å². The van der Waals surface area contributed by atoms with Crippen molar-refractivity contribution in [2.75, 3.05) is 6.54 Å². The predicted molar refractivity (Wildman–Crippen MR) is 119 cm³/mol. The van der Waals surface area contributed by atoms with Crippen LogP contribution in [0, 0.1) is 0 Å². The summed E-state index contributed by atoms with van der Waals surface area (Å²) in [7, 11) is 0. The lowest BCUT2D eigenvalue weighted by molar-refractivity contribution is 0.0951. The van der Waals surface area contributed by atoms with Crippen molar-refractivity contribution in [2.45, 2.75) is 77.7 Å². The van der Waals surface area contributed by atoms with E-state index >= 15 is 0 Å². The van der Waals surface area contributed by atoms with Crippen LogP contribution in [0.2, 0.25) is 0 Å². The van der Waals surface area contributed by atoms with E-state index in [2.05, 4.69) is 24.4 Å². The molecule has 1 amide bonds. The second-order valence-corrected chi connectivity index (χ2v) is 8.10. The molecule has 1 aromatic heterocycles. The summed E-state index contributed by atoms with van der Waals surface area (Å²) >= 11 is 0. The molecular weight excluding hydrogens is 360 g/mol. The van der Waals surface area contributed by atoms with Gasteiger partial charge in [0.05, 0.1) is 0 Å². The quantitative estimate of drug-likeness (QED) is 0.662. The van der Waals surface area contributed by atoms with Gasteiger partial charge in [0.15, 0.2) is 0 Å². The second-order valence-electron chi connectivity index (χ2n) is 8.10. The zero-order chi connectivity index (χ0) is 20.5. The van der Waals surface area contributed by atoms with E-state index in [0.29, 0.717) is 18.7 Å². The first-order valence-corrected chi connectivity index (χ1v) is 11.3. The molecule has 1 aliphatic rings. The smallest absolute Gasteiger partial charge is 0.263 e. The van der Waals surface area contributed by atoms with Gasteiger partial charge in [0.2, 0.25) is 0 Å². The number of carbonyl (C=O) groups is 1. The molecule has 4 heteroatoms. The number of aryl methyl sites for hydroxylation is 2. The first-order valence-electron chi connectivity index (χ1n) is 11.3. The Morgan fingerprint density at radius 1 is 1.03 bits per heavy atom. The number of hydrogen-bond donors (Lipinski definition) is 1. The van der Waals surface area contributed by atoms with Gasteiger partial charge < -0.3 is 9.88 Å². The summed E-state index contributed by atoms with van der Waals surface area (Å²) in [4.78, 5) is 26.0. The maximum absolute atomic E-state index is 13.1. The topological polar surface area (TPSA) is 51.1 Å². The number of aromatic nitrogens is 1. The molecular formula is C25H34N2O2. The van der Waals surface area contributed by atoms with Gasteiger partial charge >= 0.3 is 0 Å². The number of nitrogens with one attached hydrogen (secondary N) is 1. The predicted octanol–water partition coefficient (Wildman–Crippen LogP) is 4.67. The molecule has 0 spiro atoms. The van der Waals surface area contributed by atoms with Crippen LogP contribution >= 0.6 is 0 Å². The molecule has 29 heavy (non-hydrogen) atoms. The molecule has 0 aliphatic heterocycles. The van der Waals surface area contributed by atoms with Crippen molar-refractivity contribution >= 4 is 5.91 Å². The van der Waals surface area contributed by atoms with Crippen LogP contribution in [0.3, 0.4) is 0 Å². The Bertz CT molecular complexity index is 855. The Hall–Kier alpha value is -2.36. The van der Waals surface area contributed by atoms with Crippen molar-refractivity contribution in [1.82, 2.24) is 9.88 Å². The fraction of sp³-hybridized carbons (Fsp3) is 0.520. The first kappa shape index (κ1) is 21.4. The molecule has 1 N–H and O–H groups in total. The third kappa shape index (κ3) is 5.81. The van der Waals surface area contributed by atoms with Crippen LogP contribution in [-0.2, 0) is 25.8 Å². The number of hydrogen-bond acceptors (Lipinski definition) is 2. The SMILES string of the molecule is CCCCn1c2c(cc(C(=O)NCCCc3ccccc3)c1=O)CCCCCC2.